The Hall–Kier alpha value is -2.11. The Balaban J connectivity index is 1.91. The minimum Gasteiger partial charge on any atom is -0.492 e. The lowest BCUT2D eigenvalue weighted by molar-refractivity contribution is -0.121. The van der Waals surface area contributed by atoms with Crippen molar-refractivity contribution < 1.29 is 13.9 Å². The molecule has 0 aliphatic heterocycles. The van der Waals surface area contributed by atoms with Gasteiger partial charge in [0.2, 0.25) is 5.91 Å². The van der Waals surface area contributed by atoms with Gasteiger partial charge in [-0.05, 0) is 56.4 Å². The van der Waals surface area contributed by atoms with Gasteiger partial charge in [0.25, 0.3) is 0 Å². The average Bonchev–Trinajstić information content (AvgIpc) is 2.57. The Morgan fingerprint density at radius 1 is 1.27 bits per heavy atom. The van der Waals surface area contributed by atoms with Crippen LogP contribution in [0.3, 0.4) is 0 Å². The van der Waals surface area contributed by atoms with Gasteiger partial charge in [-0.3, -0.25) is 4.79 Å². The summed E-state index contributed by atoms with van der Waals surface area (Å²) in [6, 6.07) is 11.7. The van der Waals surface area contributed by atoms with Gasteiger partial charge in [0.1, 0.15) is 18.2 Å². The zero-order valence-corrected chi connectivity index (χ0v) is 16.0. The summed E-state index contributed by atoms with van der Waals surface area (Å²) in [6.07, 6.45) is 0.240. The van der Waals surface area contributed by atoms with Gasteiger partial charge in [-0.25, -0.2) is 4.39 Å². The maximum atomic E-state index is 13.2. The van der Waals surface area contributed by atoms with E-state index in [-0.39, 0.29) is 23.4 Å². The van der Waals surface area contributed by atoms with Crippen LogP contribution in [0, 0.1) is 5.82 Å². The zero-order valence-electron chi connectivity index (χ0n) is 15.3. The highest BCUT2D eigenvalue weighted by molar-refractivity contribution is 6.30. The maximum Gasteiger partial charge on any atom is 0.224 e. The fourth-order valence-corrected chi connectivity index (χ4v) is 2.62. The second kappa shape index (κ2) is 9.55. The molecule has 1 atom stereocenters. The molecule has 2 rings (SSSR count). The van der Waals surface area contributed by atoms with Crippen molar-refractivity contribution in [3.05, 3.63) is 64.4 Å². The first-order valence-electron chi connectivity index (χ1n) is 8.46. The topological polar surface area (TPSA) is 41.6 Å². The molecule has 0 radical (unpaired) electrons. The Bertz CT molecular complexity index is 752. The summed E-state index contributed by atoms with van der Waals surface area (Å²) >= 11 is 5.80. The first kappa shape index (κ1) is 20.2. The van der Waals surface area contributed by atoms with E-state index in [2.05, 4.69) is 5.32 Å². The lowest BCUT2D eigenvalue weighted by atomic mass is 10.1. The maximum absolute atomic E-state index is 13.2. The predicted molar refractivity (Wildman–Crippen MR) is 102 cm³/mol. The van der Waals surface area contributed by atoms with Crippen molar-refractivity contribution in [1.29, 1.82) is 0 Å². The van der Waals surface area contributed by atoms with E-state index in [1.54, 1.807) is 6.07 Å². The van der Waals surface area contributed by atoms with Crippen LogP contribution in [0.4, 0.5) is 4.39 Å². The van der Waals surface area contributed by atoms with Crippen molar-refractivity contribution in [3.8, 4) is 5.75 Å². The van der Waals surface area contributed by atoms with Crippen molar-refractivity contribution in [2.45, 2.75) is 19.4 Å². The number of hydrogen-bond acceptors (Lipinski definition) is 3. The fraction of sp³-hybridized carbons (Fsp3) is 0.350. The second-order valence-electron chi connectivity index (χ2n) is 6.44. The van der Waals surface area contributed by atoms with Crippen molar-refractivity contribution in [1.82, 2.24) is 10.2 Å². The lowest BCUT2D eigenvalue weighted by Crippen LogP contribution is -2.28. The average molecular weight is 379 g/mol. The van der Waals surface area contributed by atoms with Crippen molar-refractivity contribution in [3.63, 3.8) is 0 Å². The molecule has 0 saturated carbocycles. The number of nitrogens with one attached hydrogen (secondary N) is 1. The standard InChI is InChI=1S/C20H24ClFN2O2/c1-14(16-7-8-19(22)18(21)13-16)23-20(25)12-15-5-4-6-17(11-15)26-10-9-24(2)3/h4-8,11,13-14H,9-10,12H2,1-3H3,(H,23,25)/t14-/m0/s1. The largest absolute Gasteiger partial charge is 0.492 e. The summed E-state index contributed by atoms with van der Waals surface area (Å²) < 4.78 is 18.9. The highest BCUT2D eigenvalue weighted by atomic mass is 35.5. The van der Waals surface area contributed by atoms with Crippen LogP contribution < -0.4 is 10.1 Å². The number of benzene rings is 2. The Morgan fingerprint density at radius 3 is 2.73 bits per heavy atom. The Kier molecular flexibility index (Phi) is 7.42. The van der Waals surface area contributed by atoms with E-state index in [0.29, 0.717) is 6.61 Å². The normalized spacial score (nSPS) is 12.1. The van der Waals surface area contributed by atoms with E-state index >= 15 is 0 Å². The number of rotatable bonds is 8. The molecule has 0 heterocycles. The molecular formula is C20H24ClFN2O2. The van der Waals surface area contributed by atoms with E-state index < -0.39 is 5.82 Å². The highest BCUT2D eigenvalue weighted by Gasteiger charge is 2.12. The quantitative estimate of drug-likeness (QED) is 0.758. The molecule has 0 spiro atoms. The summed E-state index contributed by atoms with van der Waals surface area (Å²) in [6.45, 7) is 3.25. The number of likely N-dealkylation sites (N-methyl/N-ethyl adjacent to an activating group) is 1. The van der Waals surface area contributed by atoms with Gasteiger partial charge in [0.15, 0.2) is 0 Å². The van der Waals surface area contributed by atoms with Crippen LogP contribution >= 0.6 is 11.6 Å². The van der Waals surface area contributed by atoms with Gasteiger partial charge in [-0.15, -0.1) is 0 Å². The summed E-state index contributed by atoms with van der Waals surface area (Å²) in [7, 11) is 3.97. The molecule has 6 heteroatoms. The molecule has 0 fully saturated rings. The molecule has 1 N–H and O–H groups in total. The van der Waals surface area contributed by atoms with Crippen LogP contribution in [-0.2, 0) is 11.2 Å². The smallest absolute Gasteiger partial charge is 0.224 e. The van der Waals surface area contributed by atoms with Crippen molar-refractivity contribution in [2.24, 2.45) is 0 Å². The van der Waals surface area contributed by atoms with Crippen LogP contribution in [0.5, 0.6) is 5.75 Å². The number of nitrogens with zero attached hydrogens (tertiary/aromatic N) is 1. The highest BCUT2D eigenvalue weighted by Crippen LogP contribution is 2.21. The number of carbonyl (C=O) groups is 1. The van der Waals surface area contributed by atoms with E-state index in [4.69, 9.17) is 16.3 Å². The van der Waals surface area contributed by atoms with E-state index in [0.717, 1.165) is 23.4 Å². The number of carbonyl (C=O) groups excluding carboxylic acids is 1. The molecule has 0 aliphatic carbocycles. The molecule has 140 valence electrons. The molecule has 2 aromatic rings. The molecule has 1 amide bonds. The number of halogens is 2. The molecule has 2 aromatic carbocycles. The zero-order chi connectivity index (χ0) is 19.1. The minimum atomic E-state index is -0.472. The Labute approximate surface area is 158 Å². The summed E-state index contributed by atoms with van der Waals surface area (Å²) in [5.74, 6) is 0.152. The van der Waals surface area contributed by atoms with Crippen molar-refractivity contribution >= 4 is 17.5 Å². The summed E-state index contributed by atoms with van der Waals surface area (Å²) in [4.78, 5) is 14.3. The van der Waals surface area contributed by atoms with Gasteiger partial charge in [0, 0.05) is 6.54 Å². The fourth-order valence-electron chi connectivity index (χ4n) is 2.43. The molecule has 0 unspecified atom stereocenters. The van der Waals surface area contributed by atoms with Crippen LogP contribution in [0.2, 0.25) is 5.02 Å². The predicted octanol–water partition coefficient (Wildman–Crippen LogP) is 3.84. The third-order valence-electron chi connectivity index (χ3n) is 3.89. The SMILES string of the molecule is C[C@H](NC(=O)Cc1cccc(OCCN(C)C)c1)c1ccc(F)c(Cl)c1. The first-order valence-corrected chi connectivity index (χ1v) is 8.83. The van der Waals surface area contributed by atoms with Gasteiger partial charge in [-0.2, -0.15) is 0 Å². The first-order chi connectivity index (χ1) is 12.3. The van der Waals surface area contributed by atoms with Gasteiger partial charge in [-0.1, -0.05) is 29.8 Å². The molecule has 0 bridgehead atoms. The molecule has 0 aliphatic rings. The monoisotopic (exact) mass is 378 g/mol. The third-order valence-corrected chi connectivity index (χ3v) is 4.18. The van der Waals surface area contributed by atoms with E-state index in [9.17, 15) is 9.18 Å². The molecule has 0 aromatic heterocycles. The summed E-state index contributed by atoms with van der Waals surface area (Å²) in [5.41, 5.74) is 1.62. The third kappa shape index (κ3) is 6.32. The van der Waals surface area contributed by atoms with Crippen LogP contribution in [-0.4, -0.2) is 38.1 Å². The Morgan fingerprint density at radius 2 is 2.04 bits per heavy atom. The van der Waals surface area contributed by atoms with Crippen LogP contribution in [0.15, 0.2) is 42.5 Å². The number of amides is 1. The van der Waals surface area contributed by atoms with Crippen LogP contribution in [0.1, 0.15) is 24.1 Å². The molecule has 26 heavy (non-hydrogen) atoms. The lowest BCUT2D eigenvalue weighted by Gasteiger charge is -2.15. The van der Waals surface area contributed by atoms with Gasteiger partial charge in [0.05, 0.1) is 17.5 Å². The number of ether oxygens (including phenoxy) is 1. The van der Waals surface area contributed by atoms with E-state index in [1.165, 1.54) is 12.1 Å². The van der Waals surface area contributed by atoms with Crippen molar-refractivity contribution in [2.75, 3.05) is 27.2 Å². The molecule has 4 nitrogen and oxygen atoms in total. The molecular weight excluding hydrogens is 355 g/mol. The number of hydrogen-bond donors (Lipinski definition) is 1. The molecule has 0 saturated heterocycles. The van der Waals surface area contributed by atoms with Crippen LogP contribution in [0.25, 0.3) is 0 Å². The second-order valence-corrected chi connectivity index (χ2v) is 6.85. The summed E-state index contributed by atoms with van der Waals surface area (Å²) in [5, 5.41) is 2.95. The minimum absolute atomic E-state index is 0.0474. The van der Waals surface area contributed by atoms with Gasteiger partial charge < -0.3 is 15.0 Å². The van der Waals surface area contributed by atoms with Gasteiger partial charge >= 0.3 is 0 Å². The van der Waals surface area contributed by atoms with E-state index in [1.807, 2.05) is 50.2 Å².